The first-order valence-electron chi connectivity index (χ1n) is 19.0. The summed E-state index contributed by atoms with van der Waals surface area (Å²) in [6.07, 6.45) is 0. The zero-order valence-corrected chi connectivity index (χ0v) is 37.4. The molecule has 0 spiro atoms. The van der Waals surface area contributed by atoms with Gasteiger partial charge in [0.15, 0.2) is 0 Å². The Labute approximate surface area is 334 Å². The molecule has 1 aliphatic rings. The van der Waals surface area contributed by atoms with Crippen molar-refractivity contribution in [2.45, 2.75) is 62.3 Å². The third-order valence-corrected chi connectivity index (χ3v) is 9.66. The summed E-state index contributed by atoms with van der Waals surface area (Å²) in [5.74, 6) is 0. The number of nitrogens with two attached hydrogens (primary N) is 4. The molecule has 0 unspecified atom stereocenters. The summed E-state index contributed by atoms with van der Waals surface area (Å²) >= 11 is 0. The van der Waals surface area contributed by atoms with Crippen molar-refractivity contribution in [1.29, 1.82) is 0 Å². The van der Waals surface area contributed by atoms with Gasteiger partial charge in [-0.1, -0.05) is 24.3 Å². The maximum Gasteiger partial charge on any atom is 0.0591 e. The Morgan fingerprint density at radius 3 is 1.35 bits per heavy atom. The van der Waals surface area contributed by atoms with E-state index in [9.17, 15) is 0 Å². The average molecular weight is 758 g/mol. The summed E-state index contributed by atoms with van der Waals surface area (Å²) in [5, 5.41) is 3.16. The van der Waals surface area contributed by atoms with Crippen molar-refractivity contribution in [3.63, 3.8) is 0 Å². The monoisotopic (exact) mass is 758 g/mol. The van der Waals surface area contributed by atoms with Crippen molar-refractivity contribution in [3.8, 4) is 0 Å². The number of rotatable bonds is 4. The highest BCUT2D eigenvalue weighted by Gasteiger charge is 2.10. The van der Waals surface area contributed by atoms with Gasteiger partial charge in [-0.3, -0.25) is 0 Å². The van der Waals surface area contributed by atoms with Gasteiger partial charge in [-0.2, -0.15) is 0 Å². The first kappa shape index (κ1) is 48.2. The summed E-state index contributed by atoms with van der Waals surface area (Å²) in [4.78, 5) is 8.36. The lowest BCUT2D eigenvalue weighted by Gasteiger charge is -2.21. The highest BCUT2D eigenvalue weighted by atomic mass is 16.5. The lowest BCUT2D eigenvalue weighted by molar-refractivity contribution is 0.109. The molecule has 0 aliphatic carbocycles. The lowest BCUT2D eigenvalue weighted by Crippen LogP contribution is -2.30. The van der Waals surface area contributed by atoms with Crippen LogP contribution in [0.25, 0.3) is 0 Å². The molecule has 5 rings (SSSR count). The van der Waals surface area contributed by atoms with E-state index in [1.165, 1.54) is 61.7 Å². The standard InChI is InChI=1S/C11H18N2.3C10H16N2.C4H9NO/c1-7-6-8(2)11(13(4)5)9(3)10(7)12;1-7-5-8(2)10(12(3)4)6-9(7)11;1-7-5-6-9(12(3)4)8(2)10(7)11;1-7-5-6-9(11)8(2)10(7)12(3)4;1-3-6-4-2-5-1/h6H,12H2,1-5H3;3*5-6H,11H2,1-4H3;5H,1-4H2. The molecule has 306 valence electrons. The number of anilines is 8. The predicted octanol–water partition coefficient (Wildman–Crippen LogP) is 7.72. The van der Waals surface area contributed by atoms with Crippen LogP contribution in [0.4, 0.5) is 45.5 Å². The third kappa shape index (κ3) is 14.4. The van der Waals surface area contributed by atoms with E-state index in [0.29, 0.717) is 0 Å². The number of aryl methyl sites for hydroxylation is 6. The van der Waals surface area contributed by atoms with Gasteiger partial charge >= 0.3 is 0 Å². The molecule has 4 aromatic carbocycles. The Morgan fingerprint density at radius 1 is 0.436 bits per heavy atom. The molecule has 4 aromatic rings. The molecule has 1 aliphatic heterocycles. The number of benzene rings is 4. The number of ether oxygens (including phenoxy) is 1. The van der Waals surface area contributed by atoms with Crippen LogP contribution in [-0.4, -0.2) is 82.7 Å². The molecule has 0 bridgehead atoms. The fourth-order valence-electron chi connectivity index (χ4n) is 6.61. The van der Waals surface area contributed by atoms with Crippen molar-refractivity contribution in [3.05, 3.63) is 92.5 Å². The maximum atomic E-state index is 5.96. The van der Waals surface area contributed by atoms with Gasteiger partial charge in [0.05, 0.1) is 13.2 Å². The highest BCUT2D eigenvalue weighted by Crippen LogP contribution is 2.31. The molecular formula is C45H75N9O. The topological polar surface area (TPSA) is 138 Å². The van der Waals surface area contributed by atoms with Gasteiger partial charge in [-0.15, -0.1) is 0 Å². The molecule has 9 N–H and O–H groups in total. The molecule has 0 amide bonds. The van der Waals surface area contributed by atoms with E-state index in [4.69, 9.17) is 27.7 Å². The summed E-state index contributed by atoms with van der Waals surface area (Å²) in [6, 6.07) is 14.4. The lowest BCUT2D eigenvalue weighted by atomic mass is 10.0. The summed E-state index contributed by atoms with van der Waals surface area (Å²) in [5.41, 5.74) is 42.7. The molecule has 0 aromatic heterocycles. The zero-order chi connectivity index (χ0) is 42.3. The fraction of sp³-hybridized carbons (Fsp3) is 0.467. The van der Waals surface area contributed by atoms with E-state index in [2.05, 4.69) is 104 Å². The Kier molecular flexibility index (Phi) is 19.8. The zero-order valence-electron chi connectivity index (χ0n) is 37.4. The highest BCUT2D eigenvalue weighted by molar-refractivity contribution is 5.71. The minimum atomic E-state index is 0.865. The van der Waals surface area contributed by atoms with Crippen molar-refractivity contribution in [2.24, 2.45) is 0 Å². The molecule has 0 atom stereocenters. The summed E-state index contributed by atoms with van der Waals surface area (Å²) < 4.78 is 5.01. The second-order valence-electron chi connectivity index (χ2n) is 15.2. The van der Waals surface area contributed by atoms with Crippen molar-refractivity contribution < 1.29 is 4.74 Å². The second-order valence-corrected chi connectivity index (χ2v) is 15.2. The fourth-order valence-corrected chi connectivity index (χ4v) is 6.61. The molecule has 0 radical (unpaired) electrons. The van der Waals surface area contributed by atoms with E-state index in [-0.39, 0.29) is 0 Å². The van der Waals surface area contributed by atoms with Crippen molar-refractivity contribution in [1.82, 2.24) is 5.32 Å². The van der Waals surface area contributed by atoms with Gasteiger partial charge in [-0.05, 0) is 131 Å². The van der Waals surface area contributed by atoms with Crippen LogP contribution in [0, 0.1) is 62.3 Å². The quantitative estimate of drug-likeness (QED) is 0.132. The number of morpholine rings is 1. The Morgan fingerprint density at radius 2 is 0.909 bits per heavy atom. The molecule has 10 heteroatoms. The minimum Gasteiger partial charge on any atom is -0.398 e. The van der Waals surface area contributed by atoms with Crippen LogP contribution in [0.15, 0.2) is 42.5 Å². The molecular weight excluding hydrogens is 683 g/mol. The number of nitrogens with one attached hydrogen (secondary N) is 1. The van der Waals surface area contributed by atoms with Crippen LogP contribution in [0.1, 0.15) is 50.1 Å². The van der Waals surface area contributed by atoms with Crippen molar-refractivity contribution in [2.75, 3.05) is 125 Å². The van der Waals surface area contributed by atoms with Gasteiger partial charge in [0, 0.05) is 115 Å². The molecule has 1 saturated heterocycles. The van der Waals surface area contributed by atoms with Gasteiger partial charge in [-0.25, -0.2) is 0 Å². The Balaban J connectivity index is 0.000000349. The Hall–Kier alpha value is -4.80. The van der Waals surface area contributed by atoms with Crippen LogP contribution in [0.2, 0.25) is 0 Å². The SMILES string of the molecule is C1COCCN1.Cc1cc(C)c(N(C)C)c(C)c1N.Cc1cc(C)c(N(C)C)cc1N.Cc1ccc(N(C)C)c(C)c1N.Cc1ccc(N)c(C)c1N(C)C. The minimum absolute atomic E-state index is 0.865. The molecule has 0 saturated carbocycles. The Bertz CT molecular complexity index is 1790. The largest absolute Gasteiger partial charge is 0.398 e. The second kappa shape index (κ2) is 22.5. The smallest absolute Gasteiger partial charge is 0.0591 e. The maximum absolute atomic E-state index is 5.96. The molecule has 55 heavy (non-hydrogen) atoms. The van der Waals surface area contributed by atoms with Crippen LogP contribution >= 0.6 is 0 Å². The molecule has 1 fully saturated rings. The molecule has 1 heterocycles. The van der Waals surface area contributed by atoms with Gasteiger partial charge in [0.25, 0.3) is 0 Å². The van der Waals surface area contributed by atoms with Gasteiger partial charge in [0.2, 0.25) is 0 Å². The van der Waals surface area contributed by atoms with E-state index < -0.39 is 0 Å². The average Bonchev–Trinajstić information content (AvgIpc) is 3.11. The van der Waals surface area contributed by atoms with E-state index in [0.717, 1.165) is 60.2 Å². The van der Waals surface area contributed by atoms with E-state index in [1.807, 2.05) is 82.4 Å². The van der Waals surface area contributed by atoms with Crippen LogP contribution < -0.4 is 47.9 Å². The van der Waals surface area contributed by atoms with Gasteiger partial charge < -0.3 is 52.6 Å². The van der Waals surface area contributed by atoms with Gasteiger partial charge in [0.1, 0.15) is 0 Å². The molecule has 10 nitrogen and oxygen atoms in total. The third-order valence-electron chi connectivity index (χ3n) is 9.66. The number of hydrogen-bond acceptors (Lipinski definition) is 10. The van der Waals surface area contributed by atoms with Crippen LogP contribution in [-0.2, 0) is 4.74 Å². The van der Waals surface area contributed by atoms with Crippen molar-refractivity contribution >= 4 is 45.5 Å². The first-order chi connectivity index (χ1) is 25.5. The van der Waals surface area contributed by atoms with Crippen LogP contribution in [0.5, 0.6) is 0 Å². The van der Waals surface area contributed by atoms with Crippen LogP contribution in [0.3, 0.4) is 0 Å². The number of nitrogens with zero attached hydrogens (tertiary/aromatic N) is 4. The normalized spacial score (nSPS) is 11.6. The first-order valence-corrected chi connectivity index (χ1v) is 19.0. The number of nitrogen functional groups attached to an aromatic ring is 4. The summed E-state index contributed by atoms with van der Waals surface area (Å²) in [7, 11) is 16.3. The van der Waals surface area contributed by atoms with E-state index in [1.54, 1.807) is 0 Å². The predicted molar refractivity (Wildman–Crippen MR) is 247 cm³/mol. The summed E-state index contributed by atoms with van der Waals surface area (Å²) in [6.45, 7) is 22.4. The number of hydrogen-bond donors (Lipinski definition) is 5. The van der Waals surface area contributed by atoms with E-state index >= 15 is 0 Å².